The van der Waals surface area contributed by atoms with Crippen molar-refractivity contribution in [3.63, 3.8) is 0 Å². The van der Waals surface area contributed by atoms with E-state index in [0.717, 1.165) is 58.9 Å². The SMILES string of the molecule is C=C(C)C(=N/C(=C\C)C1=CCN(C(=O)OC(C)(C)C)CC1)c1ccc(OC2=CCCC=C2)cc1.CC. The quantitative estimate of drug-likeness (QED) is 0.378. The molecule has 0 fully saturated rings. The summed E-state index contributed by atoms with van der Waals surface area (Å²) in [5, 5.41) is 0. The van der Waals surface area contributed by atoms with Gasteiger partial charge >= 0.3 is 6.09 Å². The monoisotopic (exact) mass is 490 g/mol. The zero-order chi connectivity index (χ0) is 26.7. The van der Waals surface area contributed by atoms with Crippen molar-refractivity contribution in [2.24, 2.45) is 4.99 Å². The van der Waals surface area contributed by atoms with Gasteiger partial charge < -0.3 is 14.4 Å². The second-order valence-electron chi connectivity index (χ2n) is 9.53. The van der Waals surface area contributed by atoms with Gasteiger partial charge in [0, 0.05) is 18.7 Å². The van der Waals surface area contributed by atoms with E-state index in [1.165, 1.54) is 0 Å². The Bertz CT molecular complexity index is 1060. The van der Waals surface area contributed by atoms with Crippen LogP contribution in [0.25, 0.3) is 0 Å². The first-order valence-corrected chi connectivity index (χ1v) is 12.9. The molecule has 2 aliphatic rings. The minimum absolute atomic E-state index is 0.280. The van der Waals surface area contributed by atoms with Gasteiger partial charge in [0.2, 0.25) is 0 Å². The fraction of sp³-hybridized carbons (Fsp3) is 0.419. The summed E-state index contributed by atoms with van der Waals surface area (Å²) in [6.07, 6.45) is 12.8. The van der Waals surface area contributed by atoms with Crippen LogP contribution < -0.4 is 4.74 Å². The average molecular weight is 491 g/mol. The average Bonchev–Trinajstić information content (AvgIpc) is 2.86. The first-order chi connectivity index (χ1) is 17.2. The fourth-order valence-electron chi connectivity index (χ4n) is 3.72. The lowest BCUT2D eigenvalue weighted by molar-refractivity contribution is 0.0266. The number of allylic oxidation sites excluding steroid dienone is 6. The third kappa shape index (κ3) is 8.71. The molecule has 0 N–H and O–H groups in total. The van der Waals surface area contributed by atoms with E-state index in [4.69, 9.17) is 14.5 Å². The van der Waals surface area contributed by atoms with Crippen molar-refractivity contribution in [1.29, 1.82) is 0 Å². The van der Waals surface area contributed by atoms with Crippen LogP contribution in [0, 0.1) is 0 Å². The topological polar surface area (TPSA) is 51.1 Å². The third-order valence-corrected chi connectivity index (χ3v) is 5.42. The molecule has 5 nitrogen and oxygen atoms in total. The lowest BCUT2D eigenvalue weighted by atomic mass is 10.0. The van der Waals surface area contributed by atoms with Gasteiger partial charge in [-0.05, 0) is 101 Å². The lowest BCUT2D eigenvalue weighted by Crippen LogP contribution is -2.39. The third-order valence-electron chi connectivity index (χ3n) is 5.42. The maximum atomic E-state index is 12.4. The predicted octanol–water partition coefficient (Wildman–Crippen LogP) is 8.16. The minimum Gasteiger partial charge on any atom is -0.458 e. The molecule has 0 saturated carbocycles. The molecule has 0 unspecified atom stereocenters. The number of rotatable bonds is 6. The molecular weight excluding hydrogens is 448 g/mol. The smallest absolute Gasteiger partial charge is 0.410 e. The summed E-state index contributed by atoms with van der Waals surface area (Å²) in [4.78, 5) is 19.1. The fourth-order valence-corrected chi connectivity index (χ4v) is 3.72. The van der Waals surface area contributed by atoms with Gasteiger partial charge in [0.15, 0.2) is 0 Å². The van der Waals surface area contributed by atoms with Crippen molar-refractivity contribution in [2.45, 2.75) is 73.3 Å². The van der Waals surface area contributed by atoms with Gasteiger partial charge in [0.05, 0.1) is 11.4 Å². The molecular formula is C31H42N2O3. The lowest BCUT2D eigenvalue weighted by Gasteiger charge is -2.29. The summed E-state index contributed by atoms with van der Waals surface area (Å²) in [6.45, 7) is 18.9. The predicted molar refractivity (Wildman–Crippen MR) is 150 cm³/mol. The largest absolute Gasteiger partial charge is 0.458 e. The Morgan fingerprint density at radius 2 is 1.81 bits per heavy atom. The van der Waals surface area contributed by atoms with Crippen molar-refractivity contribution < 1.29 is 14.3 Å². The Labute approximate surface area is 217 Å². The molecule has 1 aliphatic heterocycles. The highest BCUT2D eigenvalue weighted by molar-refractivity contribution is 6.12. The standard InChI is InChI=1S/C29H36N2O3.C2H6/c1-7-26(22-17-19-31(20-18-22)28(32)34-29(4,5)6)30-27(21(2)3)23-13-15-25(16-14-23)33-24-11-9-8-10-12-24;1-2/h7,9,11-17H,2,8,10,18-20H2,1,3-6H3;1-2H3/b26-7-,30-27?;. The van der Waals surface area contributed by atoms with Crippen LogP contribution in [0.4, 0.5) is 4.79 Å². The van der Waals surface area contributed by atoms with Crippen LogP contribution in [0.2, 0.25) is 0 Å². The Morgan fingerprint density at radius 1 is 1.11 bits per heavy atom. The molecule has 1 aromatic carbocycles. The summed E-state index contributed by atoms with van der Waals surface area (Å²) in [5.41, 5.74) is 4.24. The zero-order valence-electron chi connectivity index (χ0n) is 23.1. The summed E-state index contributed by atoms with van der Waals surface area (Å²) in [5.74, 6) is 1.68. The van der Waals surface area contributed by atoms with Crippen molar-refractivity contribution in [3.8, 4) is 5.75 Å². The van der Waals surface area contributed by atoms with Crippen LogP contribution in [-0.4, -0.2) is 35.4 Å². The zero-order valence-corrected chi connectivity index (χ0v) is 23.1. The molecule has 0 bridgehead atoms. The van der Waals surface area contributed by atoms with Crippen LogP contribution in [0.15, 0.2) is 88.8 Å². The summed E-state index contributed by atoms with van der Waals surface area (Å²) < 4.78 is 11.5. The highest BCUT2D eigenvalue weighted by atomic mass is 16.6. The Morgan fingerprint density at radius 3 is 2.31 bits per heavy atom. The highest BCUT2D eigenvalue weighted by Crippen LogP contribution is 2.25. The second-order valence-corrected chi connectivity index (χ2v) is 9.53. The van der Waals surface area contributed by atoms with Gasteiger partial charge in [-0.25, -0.2) is 9.79 Å². The molecule has 0 spiro atoms. The number of amides is 1. The van der Waals surface area contributed by atoms with E-state index in [-0.39, 0.29) is 6.09 Å². The molecule has 1 heterocycles. The number of aliphatic imine (C=N–C) groups is 1. The van der Waals surface area contributed by atoms with Gasteiger partial charge in [0.25, 0.3) is 0 Å². The van der Waals surface area contributed by atoms with E-state index >= 15 is 0 Å². The Kier molecular flexibility index (Phi) is 11.0. The van der Waals surface area contributed by atoms with Crippen molar-refractivity contribution in [1.82, 2.24) is 4.90 Å². The van der Waals surface area contributed by atoms with Gasteiger partial charge in [-0.1, -0.05) is 38.7 Å². The number of benzene rings is 1. The van der Waals surface area contributed by atoms with E-state index in [1.807, 2.05) is 84.9 Å². The molecule has 0 aromatic heterocycles. The normalized spacial score (nSPS) is 16.4. The van der Waals surface area contributed by atoms with E-state index in [9.17, 15) is 4.79 Å². The molecule has 0 saturated heterocycles. The van der Waals surface area contributed by atoms with E-state index in [0.29, 0.717) is 13.1 Å². The number of nitrogens with zero attached hydrogens (tertiary/aromatic N) is 2. The van der Waals surface area contributed by atoms with Gasteiger partial charge in [-0.3, -0.25) is 0 Å². The van der Waals surface area contributed by atoms with Crippen molar-refractivity contribution in [2.75, 3.05) is 13.1 Å². The molecule has 1 aromatic rings. The molecule has 1 amide bonds. The maximum Gasteiger partial charge on any atom is 0.410 e. The molecule has 36 heavy (non-hydrogen) atoms. The number of hydrogen-bond acceptors (Lipinski definition) is 4. The molecule has 3 rings (SSSR count). The molecule has 194 valence electrons. The van der Waals surface area contributed by atoms with Gasteiger partial charge in [0.1, 0.15) is 17.1 Å². The molecule has 0 atom stereocenters. The summed E-state index contributed by atoms with van der Waals surface area (Å²) >= 11 is 0. The highest BCUT2D eigenvalue weighted by Gasteiger charge is 2.24. The second kappa shape index (κ2) is 13.7. The number of hydrogen-bond donors (Lipinski definition) is 0. The van der Waals surface area contributed by atoms with Gasteiger partial charge in [-0.15, -0.1) is 0 Å². The van der Waals surface area contributed by atoms with Crippen LogP contribution >= 0.6 is 0 Å². The van der Waals surface area contributed by atoms with Crippen molar-refractivity contribution in [3.05, 3.63) is 89.4 Å². The van der Waals surface area contributed by atoms with E-state index < -0.39 is 5.60 Å². The maximum absolute atomic E-state index is 12.4. The van der Waals surface area contributed by atoms with Crippen LogP contribution in [0.3, 0.4) is 0 Å². The number of ether oxygens (including phenoxy) is 2. The first-order valence-electron chi connectivity index (χ1n) is 12.9. The molecule has 0 radical (unpaired) electrons. The Balaban J connectivity index is 0.00000222. The Hall–Kier alpha value is -3.34. The van der Waals surface area contributed by atoms with E-state index in [2.05, 4.69) is 24.8 Å². The first kappa shape index (κ1) is 28.9. The van der Waals surface area contributed by atoms with Crippen LogP contribution in [0.1, 0.15) is 73.3 Å². The van der Waals surface area contributed by atoms with E-state index in [1.54, 1.807) is 4.90 Å². The van der Waals surface area contributed by atoms with Crippen LogP contribution in [-0.2, 0) is 4.74 Å². The molecule has 1 aliphatic carbocycles. The minimum atomic E-state index is -0.499. The number of carbonyl (C=O) groups is 1. The van der Waals surface area contributed by atoms with Crippen molar-refractivity contribution >= 4 is 11.8 Å². The summed E-state index contributed by atoms with van der Waals surface area (Å²) in [7, 11) is 0. The van der Waals surface area contributed by atoms with Crippen LogP contribution in [0.5, 0.6) is 5.75 Å². The molecule has 5 heteroatoms. The summed E-state index contributed by atoms with van der Waals surface area (Å²) in [6, 6.07) is 7.96. The number of carbonyl (C=O) groups excluding carboxylic acids is 1. The van der Waals surface area contributed by atoms with Gasteiger partial charge in [-0.2, -0.15) is 0 Å².